The summed E-state index contributed by atoms with van der Waals surface area (Å²) in [6.07, 6.45) is 0. The average Bonchev–Trinajstić information content (AvgIpc) is 2.39. The lowest BCUT2D eigenvalue weighted by molar-refractivity contribution is 0.0526. The molecule has 0 unspecified atom stereocenters. The Morgan fingerprint density at radius 1 is 1.22 bits per heavy atom. The molecule has 0 atom stereocenters. The summed E-state index contributed by atoms with van der Waals surface area (Å²) in [6.45, 7) is 4.83. The van der Waals surface area contributed by atoms with Gasteiger partial charge in [0.25, 0.3) is 0 Å². The summed E-state index contributed by atoms with van der Waals surface area (Å²) in [4.78, 5) is 11.4. The van der Waals surface area contributed by atoms with E-state index in [4.69, 9.17) is 4.74 Å². The number of rotatable bonds is 8. The lowest BCUT2D eigenvalue weighted by Crippen LogP contribution is -2.23. The second kappa shape index (κ2) is 8.83. The predicted octanol–water partition coefficient (Wildman–Crippen LogP) is 1.79. The van der Waals surface area contributed by atoms with Crippen molar-refractivity contribution in [1.82, 2.24) is 5.32 Å². The molecule has 100 valence electrons. The minimum atomic E-state index is -0.278. The van der Waals surface area contributed by atoms with Crippen LogP contribution in [0.1, 0.15) is 17.3 Å². The van der Waals surface area contributed by atoms with Crippen LogP contribution in [0.5, 0.6) is 0 Å². The van der Waals surface area contributed by atoms with Crippen LogP contribution in [0.4, 0.5) is 5.69 Å². The van der Waals surface area contributed by atoms with E-state index in [9.17, 15) is 4.79 Å². The number of nitrogens with one attached hydrogen (secondary N) is 2. The summed E-state index contributed by atoms with van der Waals surface area (Å²) in [6, 6.07) is 7.29. The highest BCUT2D eigenvalue weighted by Gasteiger charge is 2.04. The van der Waals surface area contributed by atoms with Crippen LogP contribution in [0.2, 0.25) is 0 Å². The zero-order valence-electron chi connectivity index (χ0n) is 10.6. The van der Waals surface area contributed by atoms with Crippen molar-refractivity contribution in [2.75, 3.05) is 37.3 Å². The summed E-state index contributed by atoms with van der Waals surface area (Å²) in [5, 5.41) is 6.50. The number of carbonyl (C=O) groups is 1. The van der Waals surface area contributed by atoms with Gasteiger partial charge in [0, 0.05) is 31.1 Å². The molecule has 0 heterocycles. The van der Waals surface area contributed by atoms with Gasteiger partial charge in [-0.3, -0.25) is 0 Å². The zero-order valence-corrected chi connectivity index (χ0v) is 11.5. The Morgan fingerprint density at radius 3 is 2.56 bits per heavy atom. The number of thiol groups is 1. The van der Waals surface area contributed by atoms with Crippen molar-refractivity contribution in [3.8, 4) is 0 Å². The molecule has 2 N–H and O–H groups in total. The second-order valence-corrected chi connectivity index (χ2v) is 4.15. The topological polar surface area (TPSA) is 50.4 Å². The first-order valence-corrected chi connectivity index (χ1v) is 6.73. The van der Waals surface area contributed by atoms with Gasteiger partial charge in [-0.25, -0.2) is 4.79 Å². The van der Waals surface area contributed by atoms with Gasteiger partial charge in [-0.1, -0.05) is 0 Å². The van der Waals surface area contributed by atoms with Crippen LogP contribution in [-0.2, 0) is 4.74 Å². The van der Waals surface area contributed by atoms with Gasteiger partial charge in [0.2, 0.25) is 0 Å². The summed E-state index contributed by atoms with van der Waals surface area (Å²) in [5.41, 5.74) is 1.58. The van der Waals surface area contributed by atoms with Crippen LogP contribution >= 0.6 is 12.6 Å². The molecule has 4 nitrogen and oxygen atoms in total. The minimum absolute atomic E-state index is 0.278. The molecule has 1 rings (SSSR count). The van der Waals surface area contributed by atoms with E-state index in [1.165, 1.54) is 0 Å². The minimum Gasteiger partial charge on any atom is -0.462 e. The van der Waals surface area contributed by atoms with E-state index < -0.39 is 0 Å². The molecule has 0 aliphatic carbocycles. The highest BCUT2D eigenvalue weighted by Crippen LogP contribution is 2.10. The first-order valence-electron chi connectivity index (χ1n) is 6.10. The Kier molecular flexibility index (Phi) is 7.29. The fourth-order valence-electron chi connectivity index (χ4n) is 1.44. The molecule has 18 heavy (non-hydrogen) atoms. The van der Waals surface area contributed by atoms with E-state index in [2.05, 4.69) is 23.3 Å². The van der Waals surface area contributed by atoms with E-state index in [0.717, 1.165) is 31.1 Å². The van der Waals surface area contributed by atoms with Crippen molar-refractivity contribution in [2.24, 2.45) is 0 Å². The van der Waals surface area contributed by atoms with Crippen LogP contribution in [0.25, 0.3) is 0 Å². The quantitative estimate of drug-likeness (QED) is 0.382. The fourth-order valence-corrected chi connectivity index (χ4v) is 1.60. The molecule has 1 aromatic rings. The Hall–Kier alpha value is -1.20. The number of hydrogen-bond donors (Lipinski definition) is 3. The molecule has 0 bridgehead atoms. The normalized spacial score (nSPS) is 10.1. The molecule has 0 aliphatic rings. The van der Waals surface area contributed by atoms with Crippen molar-refractivity contribution in [2.45, 2.75) is 6.92 Å². The molecule has 0 aliphatic heterocycles. The van der Waals surface area contributed by atoms with E-state index >= 15 is 0 Å². The van der Waals surface area contributed by atoms with Crippen molar-refractivity contribution in [3.05, 3.63) is 29.8 Å². The Balaban J connectivity index is 2.33. The monoisotopic (exact) mass is 268 g/mol. The van der Waals surface area contributed by atoms with Gasteiger partial charge in [-0.2, -0.15) is 12.6 Å². The molecule has 0 amide bonds. The second-order valence-electron chi connectivity index (χ2n) is 3.70. The Morgan fingerprint density at radius 2 is 1.94 bits per heavy atom. The molecule has 0 aromatic heterocycles. The highest BCUT2D eigenvalue weighted by atomic mass is 32.1. The third kappa shape index (κ3) is 5.42. The smallest absolute Gasteiger partial charge is 0.338 e. The van der Waals surface area contributed by atoms with Gasteiger partial charge >= 0.3 is 5.97 Å². The van der Waals surface area contributed by atoms with Crippen LogP contribution < -0.4 is 10.6 Å². The van der Waals surface area contributed by atoms with Gasteiger partial charge in [0.1, 0.15) is 0 Å². The Labute approximate surface area is 114 Å². The SMILES string of the molecule is CCOC(=O)c1ccc(NCCNCCS)cc1. The first-order chi connectivity index (χ1) is 8.77. The van der Waals surface area contributed by atoms with Crippen LogP contribution in [0, 0.1) is 0 Å². The molecule has 1 aromatic carbocycles. The third-order valence-corrected chi connectivity index (χ3v) is 2.54. The van der Waals surface area contributed by atoms with E-state index in [0.29, 0.717) is 12.2 Å². The van der Waals surface area contributed by atoms with Gasteiger partial charge in [-0.15, -0.1) is 0 Å². The maximum Gasteiger partial charge on any atom is 0.338 e. The maximum absolute atomic E-state index is 11.4. The van der Waals surface area contributed by atoms with Gasteiger partial charge in [-0.05, 0) is 31.2 Å². The van der Waals surface area contributed by atoms with E-state index in [1.54, 1.807) is 19.1 Å². The standard InChI is InChI=1S/C13H20N2O2S/c1-2-17-13(16)11-3-5-12(6-4-11)15-8-7-14-9-10-18/h3-6,14-15,18H,2,7-10H2,1H3. The molecular weight excluding hydrogens is 248 g/mol. The highest BCUT2D eigenvalue weighted by molar-refractivity contribution is 7.80. The lowest BCUT2D eigenvalue weighted by Gasteiger charge is -2.08. The molecule has 0 spiro atoms. The maximum atomic E-state index is 11.4. The van der Waals surface area contributed by atoms with Crippen molar-refractivity contribution in [3.63, 3.8) is 0 Å². The van der Waals surface area contributed by atoms with Gasteiger partial charge in [0.15, 0.2) is 0 Å². The summed E-state index contributed by atoms with van der Waals surface area (Å²) in [7, 11) is 0. The predicted molar refractivity (Wildman–Crippen MR) is 77.6 cm³/mol. The number of hydrogen-bond acceptors (Lipinski definition) is 5. The van der Waals surface area contributed by atoms with Crippen molar-refractivity contribution in [1.29, 1.82) is 0 Å². The van der Waals surface area contributed by atoms with Crippen LogP contribution in [0.3, 0.4) is 0 Å². The number of ether oxygens (including phenoxy) is 1. The van der Waals surface area contributed by atoms with E-state index in [1.807, 2.05) is 12.1 Å². The lowest BCUT2D eigenvalue weighted by atomic mass is 10.2. The zero-order chi connectivity index (χ0) is 13.2. The molecular formula is C13H20N2O2S. The number of esters is 1. The van der Waals surface area contributed by atoms with Gasteiger partial charge < -0.3 is 15.4 Å². The number of benzene rings is 1. The van der Waals surface area contributed by atoms with Crippen LogP contribution in [-0.4, -0.2) is 38.0 Å². The molecule has 0 fully saturated rings. The van der Waals surface area contributed by atoms with Gasteiger partial charge in [0.05, 0.1) is 12.2 Å². The average molecular weight is 268 g/mol. The third-order valence-electron chi connectivity index (χ3n) is 2.32. The van der Waals surface area contributed by atoms with E-state index in [-0.39, 0.29) is 5.97 Å². The molecule has 0 saturated heterocycles. The largest absolute Gasteiger partial charge is 0.462 e. The molecule has 0 radical (unpaired) electrons. The van der Waals surface area contributed by atoms with Crippen molar-refractivity contribution >= 4 is 24.3 Å². The van der Waals surface area contributed by atoms with Crippen molar-refractivity contribution < 1.29 is 9.53 Å². The molecule has 5 heteroatoms. The fraction of sp³-hybridized carbons (Fsp3) is 0.462. The summed E-state index contributed by atoms with van der Waals surface area (Å²) < 4.78 is 4.92. The number of anilines is 1. The first kappa shape index (κ1) is 14.9. The van der Waals surface area contributed by atoms with Crippen LogP contribution in [0.15, 0.2) is 24.3 Å². The summed E-state index contributed by atoms with van der Waals surface area (Å²) >= 11 is 4.11. The Bertz CT molecular complexity index is 355. The molecule has 0 saturated carbocycles. The number of carbonyl (C=O) groups excluding carboxylic acids is 1. The summed E-state index contributed by atoms with van der Waals surface area (Å²) in [5.74, 6) is 0.563.